The van der Waals surface area contributed by atoms with Gasteiger partial charge < -0.3 is 19.1 Å². The smallest absolute Gasteiger partial charge is 0.224 e. The summed E-state index contributed by atoms with van der Waals surface area (Å²) in [5, 5.41) is 0.0447. The molecule has 10 heteroatoms. The molecule has 152 valence electrons. The Kier molecular flexibility index (Phi) is 7.27. The number of sulfone groups is 1. The van der Waals surface area contributed by atoms with Gasteiger partial charge in [-0.3, -0.25) is 0 Å². The van der Waals surface area contributed by atoms with Crippen molar-refractivity contribution in [2.45, 2.75) is 44.3 Å². The number of rotatable bonds is 7. The summed E-state index contributed by atoms with van der Waals surface area (Å²) in [7, 11) is -3.39. The lowest BCUT2D eigenvalue weighted by Crippen LogP contribution is -2.44. The van der Waals surface area contributed by atoms with Gasteiger partial charge >= 0.3 is 0 Å². The SMILES string of the molecule is C[C@H]1COCCN1c1cc(CS(=O)(=O)CCOC2CCCCO2)nc(Cl)n1. The molecule has 0 aromatic carbocycles. The number of nitrogens with zero attached hydrogens (tertiary/aromatic N) is 3. The number of halogens is 1. The quantitative estimate of drug-likeness (QED) is 0.618. The fraction of sp³-hybridized carbons (Fsp3) is 0.765. The van der Waals surface area contributed by atoms with Crippen molar-refractivity contribution in [2.75, 3.05) is 43.6 Å². The van der Waals surface area contributed by atoms with E-state index in [0.29, 0.717) is 37.9 Å². The van der Waals surface area contributed by atoms with Crippen molar-refractivity contribution in [1.82, 2.24) is 9.97 Å². The summed E-state index contributed by atoms with van der Waals surface area (Å²) in [5.41, 5.74) is 0.387. The first-order valence-corrected chi connectivity index (χ1v) is 11.4. The Morgan fingerprint density at radius 1 is 1.33 bits per heavy atom. The zero-order valence-corrected chi connectivity index (χ0v) is 17.0. The Hall–Kier alpha value is -1.00. The normalized spacial score (nSPS) is 24.1. The van der Waals surface area contributed by atoms with Gasteiger partial charge in [0.05, 0.1) is 43.1 Å². The van der Waals surface area contributed by atoms with Gasteiger partial charge in [-0.15, -0.1) is 0 Å². The van der Waals surface area contributed by atoms with Crippen LogP contribution >= 0.6 is 11.6 Å². The lowest BCUT2D eigenvalue weighted by atomic mass is 10.2. The molecule has 1 aromatic heterocycles. The lowest BCUT2D eigenvalue weighted by Gasteiger charge is -2.34. The fourth-order valence-corrected chi connectivity index (χ4v) is 4.47. The summed E-state index contributed by atoms with van der Waals surface area (Å²) in [6.45, 7) is 4.67. The van der Waals surface area contributed by atoms with E-state index in [4.69, 9.17) is 25.8 Å². The molecule has 0 saturated carbocycles. The minimum Gasteiger partial charge on any atom is -0.377 e. The summed E-state index contributed by atoms with van der Waals surface area (Å²) in [6.07, 6.45) is 2.58. The number of ether oxygens (including phenoxy) is 3. The number of anilines is 1. The molecule has 0 aliphatic carbocycles. The molecule has 2 aliphatic rings. The summed E-state index contributed by atoms with van der Waals surface area (Å²) in [6, 6.07) is 1.83. The minimum atomic E-state index is -3.39. The van der Waals surface area contributed by atoms with Crippen molar-refractivity contribution in [2.24, 2.45) is 0 Å². The second kappa shape index (κ2) is 9.47. The van der Waals surface area contributed by atoms with Crippen LogP contribution in [0, 0.1) is 0 Å². The molecule has 1 aromatic rings. The molecular formula is C17H26ClN3O5S. The first-order valence-electron chi connectivity index (χ1n) is 9.24. The molecule has 8 nitrogen and oxygen atoms in total. The molecule has 2 aliphatic heterocycles. The first-order chi connectivity index (χ1) is 12.9. The van der Waals surface area contributed by atoms with Crippen LogP contribution in [0.3, 0.4) is 0 Å². The van der Waals surface area contributed by atoms with E-state index >= 15 is 0 Å². The van der Waals surface area contributed by atoms with E-state index in [0.717, 1.165) is 19.3 Å². The van der Waals surface area contributed by atoms with Gasteiger partial charge in [0.25, 0.3) is 0 Å². The highest BCUT2D eigenvalue weighted by molar-refractivity contribution is 7.90. The van der Waals surface area contributed by atoms with Crippen LogP contribution in [0.5, 0.6) is 0 Å². The molecule has 3 heterocycles. The number of morpholine rings is 1. The Morgan fingerprint density at radius 3 is 2.93 bits per heavy atom. The van der Waals surface area contributed by atoms with Gasteiger partial charge in [0.2, 0.25) is 5.28 Å². The molecule has 0 radical (unpaired) electrons. The van der Waals surface area contributed by atoms with Crippen LogP contribution in [0.2, 0.25) is 5.28 Å². The maximum atomic E-state index is 12.4. The molecule has 0 N–H and O–H groups in total. The molecule has 0 bridgehead atoms. The van der Waals surface area contributed by atoms with Gasteiger partial charge in [-0.25, -0.2) is 18.4 Å². The maximum absolute atomic E-state index is 12.4. The summed E-state index contributed by atoms with van der Waals surface area (Å²) >= 11 is 6.04. The van der Waals surface area contributed by atoms with E-state index in [1.807, 2.05) is 6.92 Å². The molecular weight excluding hydrogens is 394 g/mol. The van der Waals surface area contributed by atoms with Crippen molar-refractivity contribution in [1.29, 1.82) is 0 Å². The average molecular weight is 420 g/mol. The van der Waals surface area contributed by atoms with Gasteiger partial charge in [-0.2, -0.15) is 0 Å². The van der Waals surface area contributed by atoms with Gasteiger partial charge in [0, 0.05) is 19.2 Å². The molecule has 2 atom stereocenters. The van der Waals surface area contributed by atoms with Crippen molar-refractivity contribution in [3.8, 4) is 0 Å². The van der Waals surface area contributed by atoms with E-state index < -0.39 is 9.84 Å². The van der Waals surface area contributed by atoms with Crippen LogP contribution < -0.4 is 4.90 Å². The lowest BCUT2D eigenvalue weighted by molar-refractivity contribution is -0.158. The van der Waals surface area contributed by atoms with Crippen LogP contribution in [0.15, 0.2) is 6.07 Å². The largest absolute Gasteiger partial charge is 0.377 e. The third-order valence-electron chi connectivity index (χ3n) is 4.60. The Bertz CT molecular complexity index is 727. The Labute approximate surface area is 165 Å². The second-order valence-corrected chi connectivity index (χ2v) is 9.38. The second-order valence-electron chi connectivity index (χ2n) is 6.86. The van der Waals surface area contributed by atoms with Crippen LogP contribution in [0.4, 0.5) is 5.82 Å². The molecule has 0 amide bonds. The van der Waals surface area contributed by atoms with Gasteiger partial charge in [-0.1, -0.05) is 0 Å². The number of hydrogen-bond acceptors (Lipinski definition) is 8. The molecule has 1 unspecified atom stereocenters. The summed E-state index contributed by atoms with van der Waals surface area (Å²) in [5.74, 6) is 0.344. The van der Waals surface area contributed by atoms with Crippen molar-refractivity contribution < 1.29 is 22.6 Å². The molecule has 2 fully saturated rings. The van der Waals surface area contributed by atoms with Crippen molar-refractivity contribution in [3.63, 3.8) is 0 Å². The Morgan fingerprint density at radius 2 is 2.19 bits per heavy atom. The summed E-state index contributed by atoms with van der Waals surface area (Å²) in [4.78, 5) is 10.4. The van der Waals surface area contributed by atoms with E-state index in [9.17, 15) is 8.42 Å². The fourth-order valence-electron chi connectivity index (χ4n) is 3.19. The zero-order chi connectivity index (χ0) is 19.3. The topological polar surface area (TPSA) is 90.9 Å². The summed E-state index contributed by atoms with van der Waals surface area (Å²) < 4.78 is 41.3. The van der Waals surface area contributed by atoms with Crippen LogP contribution in [0.1, 0.15) is 31.9 Å². The van der Waals surface area contributed by atoms with Gasteiger partial charge in [0.1, 0.15) is 5.82 Å². The first kappa shape index (κ1) is 20.7. The van der Waals surface area contributed by atoms with E-state index in [1.54, 1.807) is 6.07 Å². The van der Waals surface area contributed by atoms with Crippen LogP contribution in [-0.4, -0.2) is 69.4 Å². The molecule has 2 saturated heterocycles. The number of hydrogen-bond donors (Lipinski definition) is 0. The maximum Gasteiger partial charge on any atom is 0.224 e. The van der Waals surface area contributed by atoms with Gasteiger partial charge in [0.15, 0.2) is 16.1 Å². The number of aromatic nitrogens is 2. The standard InChI is InChI=1S/C17H26ClN3O5S/c1-13-11-24-7-5-21(13)15-10-14(19-17(18)20-15)12-27(22,23)9-8-26-16-4-2-3-6-25-16/h10,13,16H,2-9,11-12H2,1H3/t13-,16?/m0/s1. The Balaban J connectivity index is 1.59. The average Bonchev–Trinajstić information content (AvgIpc) is 2.62. The third-order valence-corrected chi connectivity index (χ3v) is 6.30. The monoisotopic (exact) mass is 419 g/mol. The highest BCUT2D eigenvalue weighted by atomic mass is 35.5. The third kappa shape index (κ3) is 6.25. The highest BCUT2D eigenvalue weighted by Gasteiger charge is 2.23. The van der Waals surface area contributed by atoms with E-state index in [-0.39, 0.29) is 35.7 Å². The predicted octanol–water partition coefficient (Wildman–Crippen LogP) is 1.81. The van der Waals surface area contributed by atoms with E-state index in [1.165, 1.54) is 0 Å². The van der Waals surface area contributed by atoms with Crippen LogP contribution in [0.25, 0.3) is 0 Å². The zero-order valence-electron chi connectivity index (χ0n) is 15.5. The molecule has 3 rings (SSSR count). The van der Waals surface area contributed by atoms with Gasteiger partial charge in [-0.05, 0) is 37.8 Å². The van der Waals surface area contributed by atoms with E-state index in [2.05, 4.69) is 14.9 Å². The highest BCUT2D eigenvalue weighted by Crippen LogP contribution is 2.21. The minimum absolute atomic E-state index is 0.0447. The molecule has 27 heavy (non-hydrogen) atoms. The van der Waals surface area contributed by atoms with Crippen LogP contribution in [-0.2, 0) is 29.8 Å². The van der Waals surface area contributed by atoms with Crippen molar-refractivity contribution >= 4 is 27.3 Å². The molecule has 0 spiro atoms. The van der Waals surface area contributed by atoms with Crippen molar-refractivity contribution in [3.05, 3.63) is 17.0 Å². The predicted molar refractivity (Wildman–Crippen MR) is 102 cm³/mol.